The molecular formula is C16H19N3O. The first kappa shape index (κ1) is 14.1. The molecule has 1 aromatic heterocycles. The number of nitrogens with one attached hydrogen (secondary N) is 1. The highest BCUT2D eigenvalue weighted by Crippen LogP contribution is 2.19. The van der Waals surface area contributed by atoms with E-state index in [1.54, 1.807) is 24.3 Å². The summed E-state index contributed by atoms with van der Waals surface area (Å²) >= 11 is 0. The van der Waals surface area contributed by atoms with Crippen molar-refractivity contribution in [2.24, 2.45) is 0 Å². The lowest BCUT2D eigenvalue weighted by atomic mass is 10.1. The summed E-state index contributed by atoms with van der Waals surface area (Å²) in [6.07, 6.45) is 3.37. The van der Waals surface area contributed by atoms with E-state index in [4.69, 9.17) is 0 Å². The van der Waals surface area contributed by atoms with Gasteiger partial charge in [0.05, 0.1) is 11.9 Å². The average molecular weight is 269 g/mol. The van der Waals surface area contributed by atoms with Crippen LogP contribution in [0.5, 0.6) is 0 Å². The van der Waals surface area contributed by atoms with Crippen molar-refractivity contribution in [2.75, 3.05) is 23.8 Å². The number of rotatable bonds is 4. The smallest absolute Gasteiger partial charge is 0.258 e. The van der Waals surface area contributed by atoms with Gasteiger partial charge in [-0.05, 0) is 49.7 Å². The van der Waals surface area contributed by atoms with Crippen LogP contribution >= 0.6 is 0 Å². The van der Waals surface area contributed by atoms with E-state index in [2.05, 4.69) is 17.2 Å². The summed E-state index contributed by atoms with van der Waals surface area (Å²) in [4.78, 5) is 18.1. The standard InChI is InChI=1S/C16H19N3O/c1-4-18-15-8-7-13(10-12(15)2)16(20)19(3)14-6-5-9-17-11-14/h5-11,18H,4H2,1-3H3. The SMILES string of the molecule is CCNc1ccc(C(=O)N(C)c2cccnc2)cc1C. The molecule has 0 saturated heterocycles. The van der Waals surface area contributed by atoms with Crippen molar-refractivity contribution in [2.45, 2.75) is 13.8 Å². The van der Waals surface area contributed by atoms with E-state index >= 15 is 0 Å². The lowest BCUT2D eigenvalue weighted by molar-refractivity contribution is 0.0993. The van der Waals surface area contributed by atoms with Gasteiger partial charge in [-0.15, -0.1) is 0 Å². The predicted octanol–water partition coefficient (Wildman–Crippen LogP) is 3.10. The molecule has 0 unspecified atom stereocenters. The summed E-state index contributed by atoms with van der Waals surface area (Å²) in [5, 5.41) is 3.27. The number of hydrogen-bond acceptors (Lipinski definition) is 3. The molecule has 2 aromatic rings. The molecule has 2 rings (SSSR count). The number of nitrogens with zero attached hydrogens (tertiary/aromatic N) is 2. The van der Waals surface area contributed by atoms with Crippen LogP contribution in [0.2, 0.25) is 0 Å². The molecule has 0 aliphatic heterocycles. The molecule has 104 valence electrons. The summed E-state index contributed by atoms with van der Waals surface area (Å²) in [7, 11) is 1.76. The fourth-order valence-electron chi connectivity index (χ4n) is 2.05. The highest BCUT2D eigenvalue weighted by Gasteiger charge is 2.14. The number of amides is 1. The second-order valence-corrected chi connectivity index (χ2v) is 4.64. The molecule has 4 nitrogen and oxygen atoms in total. The van der Waals surface area contributed by atoms with Gasteiger partial charge in [0.2, 0.25) is 0 Å². The third-order valence-electron chi connectivity index (χ3n) is 3.18. The third-order valence-corrected chi connectivity index (χ3v) is 3.18. The first-order valence-corrected chi connectivity index (χ1v) is 6.66. The number of hydrogen-bond donors (Lipinski definition) is 1. The Morgan fingerprint density at radius 3 is 2.75 bits per heavy atom. The molecule has 1 N–H and O–H groups in total. The fraction of sp³-hybridized carbons (Fsp3) is 0.250. The fourth-order valence-corrected chi connectivity index (χ4v) is 2.05. The van der Waals surface area contributed by atoms with Crippen LogP contribution in [0.4, 0.5) is 11.4 Å². The molecule has 1 heterocycles. The van der Waals surface area contributed by atoms with E-state index in [1.165, 1.54) is 0 Å². The van der Waals surface area contributed by atoms with Crippen molar-refractivity contribution < 1.29 is 4.79 Å². The highest BCUT2D eigenvalue weighted by atomic mass is 16.2. The van der Waals surface area contributed by atoms with Crippen LogP contribution in [-0.4, -0.2) is 24.5 Å². The maximum Gasteiger partial charge on any atom is 0.258 e. The van der Waals surface area contributed by atoms with Gasteiger partial charge in [0, 0.05) is 31.0 Å². The number of aromatic nitrogens is 1. The summed E-state index contributed by atoms with van der Waals surface area (Å²) in [5.74, 6) is -0.0378. The Morgan fingerprint density at radius 1 is 1.35 bits per heavy atom. The van der Waals surface area contributed by atoms with Crippen LogP contribution in [0.3, 0.4) is 0 Å². The van der Waals surface area contributed by atoms with Crippen LogP contribution in [0.1, 0.15) is 22.8 Å². The number of benzene rings is 1. The van der Waals surface area contributed by atoms with E-state index in [0.29, 0.717) is 5.56 Å². The Hall–Kier alpha value is -2.36. The molecule has 0 aliphatic carbocycles. The number of pyridine rings is 1. The third kappa shape index (κ3) is 2.96. The molecule has 0 radical (unpaired) electrons. The maximum atomic E-state index is 12.4. The van der Waals surface area contributed by atoms with Crippen molar-refractivity contribution in [1.82, 2.24) is 4.98 Å². The van der Waals surface area contributed by atoms with Crippen molar-refractivity contribution in [3.63, 3.8) is 0 Å². The van der Waals surface area contributed by atoms with E-state index in [0.717, 1.165) is 23.5 Å². The van der Waals surface area contributed by atoms with Crippen LogP contribution in [0.15, 0.2) is 42.7 Å². The van der Waals surface area contributed by atoms with Gasteiger partial charge in [0.15, 0.2) is 0 Å². The van der Waals surface area contributed by atoms with E-state index in [1.807, 2.05) is 37.3 Å². The lowest BCUT2D eigenvalue weighted by Crippen LogP contribution is -2.26. The zero-order valence-corrected chi connectivity index (χ0v) is 12.1. The maximum absolute atomic E-state index is 12.4. The minimum atomic E-state index is -0.0378. The zero-order valence-electron chi connectivity index (χ0n) is 12.1. The van der Waals surface area contributed by atoms with Gasteiger partial charge in [0.25, 0.3) is 5.91 Å². The van der Waals surface area contributed by atoms with Crippen LogP contribution in [0.25, 0.3) is 0 Å². The average Bonchev–Trinajstić information content (AvgIpc) is 2.49. The molecule has 0 bridgehead atoms. The van der Waals surface area contributed by atoms with Crippen molar-refractivity contribution >= 4 is 17.3 Å². The van der Waals surface area contributed by atoms with Crippen molar-refractivity contribution in [3.05, 3.63) is 53.9 Å². The lowest BCUT2D eigenvalue weighted by Gasteiger charge is -2.17. The molecule has 1 amide bonds. The number of carbonyl (C=O) groups is 1. The summed E-state index contributed by atoms with van der Waals surface area (Å²) < 4.78 is 0. The van der Waals surface area contributed by atoms with Crippen LogP contribution < -0.4 is 10.2 Å². The quantitative estimate of drug-likeness (QED) is 0.927. The van der Waals surface area contributed by atoms with Crippen LogP contribution in [0, 0.1) is 6.92 Å². The summed E-state index contributed by atoms with van der Waals surface area (Å²) in [6, 6.07) is 9.39. The topological polar surface area (TPSA) is 45.2 Å². The largest absolute Gasteiger partial charge is 0.385 e. The Labute approximate surface area is 119 Å². The second-order valence-electron chi connectivity index (χ2n) is 4.64. The molecule has 0 aliphatic rings. The van der Waals surface area contributed by atoms with Gasteiger partial charge in [-0.25, -0.2) is 0 Å². The molecule has 4 heteroatoms. The number of aryl methyl sites for hydroxylation is 1. The monoisotopic (exact) mass is 269 g/mol. The molecule has 0 saturated carbocycles. The van der Waals surface area contributed by atoms with Crippen molar-refractivity contribution in [1.29, 1.82) is 0 Å². The zero-order chi connectivity index (χ0) is 14.5. The predicted molar refractivity (Wildman–Crippen MR) is 82.3 cm³/mol. The van der Waals surface area contributed by atoms with Gasteiger partial charge >= 0.3 is 0 Å². The van der Waals surface area contributed by atoms with E-state index in [9.17, 15) is 4.79 Å². The Kier molecular flexibility index (Phi) is 4.35. The van der Waals surface area contributed by atoms with Gasteiger partial charge in [-0.1, -0.05) is 0 Å². The first-order valence-electron chi connectivity index (χ1n) is 6.66. The Morgan fingerprint density at radius 2 is 2.15 bits per heavy atom. The van der Waals surface area contributed by atoms with Crippen molar-refractivity contribution in [3.8, 4) is 0 Å². The number of carbonyl (C=O) groups excluding carboxylic acids is 1. The normalized spacial score (nSPS) is 10.2. The molecular weight excluding hydrogens is 250 g/mol. The molecule has 1 aromatic carbocycles. The number of anilines is 2. The van der Waals surface area contributed by atoms with E-state index < -0.39 is 0 Å². The molecule has 0 fully saturated rings. The Bertz CT molecular complexity index is 596. The molecule has 0 atom stereocenters. The van der Waals surface area contributed by atoms with Gasteiger partial charge in [-0.2, -0.15) is 0 Å². The van der Waals surface area contributed by atoms with Gasteiger partial charge in [-0.3, -0.25) is 9.78 Å². The minimum Gasteiger partial charge on any atom is -0.385 e. The highest BCUT2D eigenvalue weighted by molar-refractivity contribution is 6.06. The Balaban J connectivity index is 2.23. The van der Waals surface area contributed by atoms with E-state index in [-0.39, 0.29) is 5.91 Å². The summed E-state index contributed by atoms with van der Waals surface area (Å²) in [5.41, 5.74) is 3.59. The summed E-state index contributed by atoms with van der Waals surface area (Å²) in [6.45, 7) is 4.91. The van der Waals surface area contributed by atoms with Crippen LogP contribution in [-0.2, 0) is 0 Å². The van der Waals surface area contributed by atoms with Gasteiger partial charge in [0.1, 0.15) is 0 Å². The minimum absolute atomic E-state index is 0.0378. The van der Waals surface area contributed by atoms with Gasteiger partial charge < -0.3 is 10.2 Å². The molecule has 20 heavy (non-hydrogen) atoms. The first-order chi connectivity index (χ1) is 9.63. The second kappa shape index (κ2) is 6.19. The molecule has 0 spiro atoms.